The van der Waals surface area contributed by atoms with E-state index in [-0.39, 0.29) is 5.38 Å². The highest BCUT2D eigenvalue weighted by Crippen LogP contribution is 2.32. The van der Waals surface area contributed by atoms with Crippen molar-refractivity contribution in [2.24, 2.45) is 5.92 Å². The molecule has 0 saturated heterocycles. The molecule has 1 aromatic rings. The molecule has 0 N–H and O–H groups in total. The van der Waals surface area contributed by atoms with Gasteiger partial charge < -0.3 is 0 Å². The molecule has 14 heavy (non-hydrogen) atoms. The van der Waals surface area contributed by atoms with Crippen LogP contribution in [0.25, 0.3) is 0 Å². The molecule has 1 aromatic carbocycles. The van der Waals surface area contributed by atoms with Crippen LogP contribution in [0.5, 0.6) is 0 Å². The average molecular weight is 207 g/mol. The molecule has 1 aliphatic rings. The second kappa shape index (κ2) is 4.65. The van der Waals surface area contributed by atoms with Crippen LogP contribution < -0.4 is 0 Å². The van der Waals surface area contributed by atoms with Crippen molar-refractivity contribution in [3.05, 3.63) is 48.0 Å². The van der Waals surface area contributed by atoms with Crippen LogP contribution in [0.1, 0.15) is 30.2 Å². The SMILES string of the molecule is ClC(CC1C=CCC1)c1ccccc1. The zero-order chi connectivity index (χ0) is 9.80. The first kappa shape index (κ1) is 9.79. The Morgan fingerprint density at radius 1 is 1.29 bits per heavy atom. The fourth-order valence-corrected chi connectivity index (χ4v) is 2.33. The number of rotatable bonds is 3. The van der Waals surface area contributed by atoms with Crippen LogP contribution in [0.3, 0.4) is 0 Å². The fourth-order valence-electron chi connectivity index (χ4n) is 1.96. The summed E-state index contributed by atoms with van der Waals surface area (Å²) in [5.41, 5.74) is 1.24. The highest BCUT2D eigenvalue weighted by atomic mass is 35.5. The van der Waals surface area contributed by atoms with Gasteiger partial charge in [-0.3, -0.25) is 0 Å². The van der Waals surface area contributed by atoms with E-state index in [1.165, 1.54) is 18.4 Å². The van der Waals surface area contributed by atoms with Gasteiger partial charge in [-0.05, 0) is 30.7 Å². The Morgan fingerprint density at radius 3 is 2.71 bits per heavy atom. The normalized spacial score (nSPS) is 22.5. The number of allylic oxidation sites excluding steroid dienone is 2. The van der Waals surface area contributed by atoms with Crippen molar-refractivity contribution in [3.8, 4) is 0 Å². The van der Waals surface area contributed by atoms with E-state index >= 15 is 0 Å². The van der Waals surface area contributed by atoms with Gasteiger partial charge in [0.05, 0.1) is 5.38 Å². The lowest BCUT2D eigenvalue weighted by Gasteiger charge is -2.13. The lowest BCUT2D eigenvalue weighted by atomic mass is 9.99. The summed E-state index contributed by atoms with van der Waals surface area (Å²) in [5.74, 6) is 0.692. The molecule has 0 saturated carbocycles. The van der Waals surface area contributed by atoms with E-state index < -0.39 is 0 Å². The molecule has 0 aliphatic heterocycles. The van der Waals surface area contributed by atoms with Gasteiger partial charge in [0.25, 0.3) is 0 Å². The highest BCUT2D eigenvalue weighted by molar-refractivity contribution is 6.20. The predicted octanol–water partition coefficient (Wildman–Crippen LogP) is 4.32. The molecule has 0 nitrogen and oxygen atoms in total. The van der Waals surface area contributed by atoms with Crippen LogP contribution in [0.15, 0.2) is 42.5 Å². The number of hydrogen-bond acceptors (Lipinski definition) is 0. The van der Waals surface area contributed by atoms with E-state index in [0.717, 1.165) is 6.42 Å². The van der Waals surface area contributed by atoms with Gasteiger partial charge in [-0.25, -0.2) is 0 Å². The summed E-state index contributed by atoms with van der Waals surface area (Å²) in [7, 11) is 0. The highest BCUT2D eigenvalue weighted by Gasteiger charge is 2.15. The average Bonchev–Trinajstić information content (AvgIpc) is 2.72. The molecular formula is C13H15Cl. The molecule has 1 aliphatic carbocycles. The number of benzene rings is 1. The third-order valence-electron chi connectivity index (χ3n) is 2.78. The smallest absolute Gasteiger partial charge is 0.0590 e. The molecule has 2 atom stereocenters. The van der Waals surface area contributed by atoms with Gasteiger partial charge in [-0.1, -0.05) is 42.5 Å². The molecule has 0 bridgehead atoms. The van der Waals surface area contributed by atoms with E-state index in [1.54, 1.807) is 0 Å². The largest absolute Gasteiger partial charge is 0.118 e. The van der Waals surface area contributed by atoms with Gasteiger partial charge in [0.2, 0.25) is 0 Å². The fraction of sp³-hybridized carbons (Fsp3) is 0.385. The molecule has 2 unspecified atom stereocenters. The third kappa shape index (κ3) is 2.39. The van der Waals surface area contributed by atoms with Crippen LogP contribution >= 0.6 is 11.6 Å². The quantitative estimate of drug-likeness (QED) is 0.510. The molecule has 74 valence electrons. The van der Waals surface area contributed by atoms with Gasteiger partial charge >= 0.3 is 0 Å². The Labute approximate surface area is 90.6 Å². The van der Waals surface area contributed by atoms with Crippen molar-refractivity contribution in [1.82, 2.24) is 0 Å². The van der Waals surface area contributed by atoms with Crippen molar-refractivity contribution < 1.29 is 0 Å². The van der Waals surface area contributed by atoms with Gasteiger partial charge in [0.15, 0.2) is 0 Å². The Hall–Kier alpha value is -0.750. The first-order chi connectivity index (χ1) is 6.86. The summed E-state index contributed by atoms with van der Waals surface area (Å²) < 4.78 is 0. The van der Waals surface area contributed by atoms with Crippen LogP contribution in [0.2, 0.25) is 0 Å². The van der Waals surface area contributed by atoms with Crippen molar-refractivity contribution in [2.75, 3.05) is 0 Å². The summed E-state index contributed by atoms with van der Waals surface area (Å²) in [6.45, 7) is 0. The molecule has 0 heterocycles. The second-order valence-electron chi connectivity index (χ2n) is 3.88. The van der Waals surface area contributed by atoms with Crippen molar-refractivity contribution in [2.45, 2.75) is 24.6 Å². The summed E-state index contributed by atoms with van der Waals surface area (Å²) in [6, 6.07) is 10.3. The topological polar surface area (TPSA) is 0 Å². The Morgan fingerprint density at radius 2 is 2.07 bits per heavy atom. The predicted molar refractivity (Wildman–Crippen MR) is 61.5 cm³/mol. The Balaban J connectivity index is 1.95. The summed E-state index contributed by atoms with van der Waals surface area (Å²) in [6.07, 6.45) is 8.14. The van der Waals surface area contributed by atoms with Crippen LogP contribution in [0.4, 0.5) is 0 Å². The van der Waals surface area contributed by atoms with E-state index in [9.17, 15) is 0 Å². The minimum atomic E-state index is 0.170. The Bertz CT molecular complexity index is 302. The monoisotopic (exact) mass is 206 g/mol. The van der Waals surface area contributed by atoms with E-state index in [4.69, 9.17) is 11.6 Å². The summed E-state index contributed by atoms with van der Waals surface area (Å²) in [4.78, 5) is 0. The number of halogens is 1. The van der Waals surface area contributed by atoms with E-state index in [0.29, 0.717) is 5.92 Å². The van der Waals surface area contributed by atoms with E-state index in [2.05, 4.69) is 36.4 Å². The second-order valence-corrected chi connectivity index (χ2v) is 4.41. The van der Waals surface area contributed by atoms with Gasteiger partial charge in [-0.2, -0.15) is 0 Å². The molecule has 0 spiro atoms. The van der Waals surface area contributed by atoms with Crippen molar-refractivity contribution >= 4 is 11.6 Å². The lowest BCUT2D eigenvalue weighted by molar-refractivity contribution is 0.568. The Kier molecular flexibility index (Phi) is 3.26. The standard InChI is InChI=1S/C13H15Cl/c14-13(10-11-6-4-5-7-11)12-8-2-1-3-9-12/h1-4,6,8-9,11,13H,5,7,10H2. The maximum Gasteiger partial charge on any atom is 0.0590 e. The zero-order valence-electron chi connectivity index (χ0n) is 8.20. The summed E-state index contributed by atoms with van der Waals surface area (Å²) >= 11 is 6.35. The molecule has 1 heteroatoms. The first-order valence-electron chi connectivity index (χ1n) is 5.22. The van der Waals surface area contributed by atoms with Crippen LogP contribution in [-0.4, -0.2) is 0 Å². The van der Waals surface area contributed by atoms with Crippen molar-refractivity contribution in [1.29, 1.82) is 0 Å². The van der Waals surface area contributed by atoms with Gasteiger partial charge in [0, 0.05) is 0 Å². The van der Waals surface area contributed by atoms with Crippen molar-refractivity contribution in [3.63, 3.8) is 0 Å². The minimum absolute atomic E-state index is 0.170. The van der Waals surface area contributed by atoms with Gasteiger partial charge in [-0.15, -0.1) is 11.6 Å². The van der Waals surface area contributed by atoms with Crippen LogP contribution in [0, 0.1) is 5.92 Å². The number of hydrogen-bond donors (Lipinski definition) is 0. The molecule has 0 aromatic heterocycles. The maximum absolute atomic E-state index is 6.35. The molecule has 0 amide bonds. The van der Waals surface area contributed by atoms with Crippen LogP contribution in [-0.2, 0) is 0 Å². The molecule has 0 fully saturated rings. The lowest BCUT2D eigenvalue weighted by Crippen LogP contribution is -1.98. The molecular weight excluding hydrogens is 192 g/mol. The zero-order valence-corrected chi connectivity index (χ0v) is 8.95. The summed E-state index contributed by atoms with van der Waals surface area (Å²) in [5, 5.41) is 0.170. The molecule has 0 radical (unpaired) electrons. The third-order valence-corrected chi connectivity index (χ3v) is 3.21. The molecule has 2 rings (SSSR count). The number of alkyl halides is 1. The maximum atomic E-state index is 6.35. The minimum Gasteiger partial charge on any atom is -0.118 e. The first-order valence-corrected chi connectivity index (χ1v) is 5.65. The van der Waals surface area contributed by atoms with Gasteiger partial charge in [0.1, 0.15) is 0 Å². The van der Waals surface area contributed by atoms with E-state index in [1.807, 2.05) is 6.07 Å².